The van der Waals surface area contributed by atoms with Crippen LogP contribution in [0.2, 0.25) is 0 Å². The fourth-order valence-corrected chi connectivity index (χ4v) is 3.96. The van der Waals surface area contributed by atoms with Crippen molar-refractivity contribution in [3.8, 4) is 0 Å². The van der Waals surface area contributed by atoms with Crippen LogP contribution in [-0.4, -0.2) is 43.1 Å². The smallest absolute Gasteiger partial charge is 0.136 e. The third kappa shape index (κ3) is 3.55. The van der Waals surface area contributed by atoms with Crippen LogP contribution >= 0.6 is 0 Å². The highest BCUT2D eigenvalue weighted by Crippen LogP contribution is 2.38. The first-order valence-corrected chi connectivity index (χ1v) is 10.7. The second-order valence-corrected chi connectivity index (χ2v) is 8.01. The summed E-state index contributed by atoms with van der Waals surface area (Å²) in [6.45, 7) is 0. The van der Waals surface area contributed by atoms with E-state index in [9.17, 15) is 0 Å². The molecule has 0 spiro atoms. The van der Waals surface area contributed by atoms with Gasteiger partial charge in [0.25, 0.3) is 0 Å². The van der Waals surface area contributed by atoms with E-state index in [0.29, 0.717) is 5.69 Å². The molecule has 166 valence electrons. The van der Waals surface area contributed by atoms with Gasteiger partial charge in [0.05, 0.1) is 17.1 Å². The Morgan fingerprint density at radius 2 is 0.727 bits per heavy atom. The number of benzene rings is 1. The van der Waals surface area contributed by atoms with Gasteiger partial charge in [0.2, 0.25) is 0 Å². The van der Waals surface area contributed by atoms with Crippen molar-refractivity contribution in [2.75, 3.05) is 53.5 Å². The Morgan fingerprint density at radius 3 is 1.06 bits per heavy atom. The molecule has 8 nitrogen and oxygen atoms in total. The van der Waals surface area contributed by atoms with Crippen molar-refractivity contribution in [2.24, 2.45) is 0 Å². The van der Waals surface area contributed by atoms with Crippen LogP contribution in [0.1, 0.15) is 0 Å². The quantitative estimate of drug-likeness (QED) is 0.391. The van der Waals surface area contributed by atoms with E-state index in [2.05, 4.69) is 0 Å². The van der Waals surface area contributed by atoms with Crippen LogP contribution in [0, 0.1) is 0 Å². The number of nitrogens with two attached hydrogens (primary N) is 1. The number of pyridine rings is 3. The molecule has 0 fully saturated rings. The Labute approximate surface area is 193 Å². The first-order chi connectivity index (χ1) is 15.9. The molecule has 0 amide bonds. The third-order valence-corrected chi connectivity index (χ3v) is 6.00. The van der Waals surface area contributed by atoms with Crippen LogP contribution in [-0.2, 0) is 0 Å². The normalized spacial score (nSPS) is 13.3. The Morgan fingerprint density at radius 1 is 0.455 bits per heavy atom. The Kier molecular flexibility index (Phi) is 4.97. The Bertz CT molecular complexity index is 1230. The van der Waals surface area contributed by atoms with Crippen molar-refractivity contribution in [3.63, 3.8) is 0 Å². The van der Waals surface area contributed by atoms with Gasteiger partial charge in [0, 0.05) is 28.2 Å². The lowest BCUT2D eigenvalue weighted by Crippen LogP contribution is -2.21. The molecule has 0 atom stereocenters. The lowest BCUT2D eigenvalue weighted by Gasteiger charge is -2.28. The number of hydrogen-bond acceptors (Lipinski definition) is 8. The maximum atomic E-state index is 6.67. The van der Waals surface area contributed by atoms with Gasteiger partial charge in [-0.3, -0.25) is 0 Å². The molecule has 1 aliphatic rings. The average molecular weight is 439 g/mol. The van der Waals surface area contributed by atoms with Gasteiger partial charge < -0.3 is 25.3 Å². The second-order valence-electron chi connectivity index (χ2n) is 8.01. The largest absolute Gasteiger partial charge is 0.395 e. The summed E-state index contributed by atoms with van der Waals surface area (Å²) in [5.41, 5.74) is 9.06. The molecule has 0 saturated heterocycles. The van der Waals surface area contributed by atoms with Crippen LogP contribution < -0.4 is 25.3 Å². The summed E-state index contributed by atoms with van der Waals surface area (Å²) in [6, 6.07) is 23.8. The van der Waals surface area contributed by atoms with Crippen LogP contribution in [0.4, 0.5) is 52.0 Å². The van der Waals surface area contributed by atoms with Gasteiger partial charge in [-0.25, -0.2) is 15.0 Å². The van der Waals surface area contributed by atoms with Crippen LogP contribution in [0.3, 0.4) is 0 Å². The Hall–Kier alpha value is -4.33. The highest BCUT2D eigenvalue weighted by Gasteiger charge is 2.19. The molecule has 0 radical (unpaired) electrons. The number of nitrogen functional groups attached to an aromatic ring is 1. The molecule has 33 heavy (non-hydrogen) atoms. The van der Waals surface area contributed by atoms with Gasteiger partial charge in [0.1, 0.15) is 34.9 Å². The minimum atomic E-state index is 0.655. The summed E-state index contributed by atoms with van der Waals surface area (Å²) in [7, 11) is 7.86. The maximum absolute atomic E-state index is 6.67. The molecule has 3 aromatic heterocycles. The van der Waals surface area contributed by atoms with E-state index in [1.807, 2.05) is 121 Å². The van der Waals surface area contributed by atoms with E-state index in [0.717, 1.165) is 46.3 Å². The van der Waals surface area contributed by atoms with E-state index in [1.54, 1.807) is 0 Å². The molecular weight excluding hydrogens is 412 g/mol. The van der Waals surface area contributed by atoms with Crippen LogP contribution in [0.25, 0.3) is 0 Å². The molecule has 1 aliphatic heterocycles. The summed E-state index contributed by atoms with van der Waals surface area (Å²) in [5.74, 6) is 4.70. The molecule has 2 N–H and O–H groups in total. The fraction of sp³-hybridized carbons (Fsp3) is 0.160. The Balaban J connectivity index is 1.75. The standard InChI is InChI=1S/C25H26N8/c1-30-17-9-5-10-18(25(17)26)31(2)20-12-7-14-22(28-20)33(4)24-16-8-15-23(29-24)32(3)21-13-6-11-19(30)27-21/h5-16H,26H2,1-4H3. The van der Waals surface area contributed by atoms with Crippen molar-refractivity contribution in [1.82, 2.24) is 15.0 Å². The molecule has 0 unspecified atom stereocenters. The van der Waals surface area contributed by atoms with Crippen LogP contribution in [0.15, 0.2) is 72.8 Å². The van der Waals surface area contributed by atoms with Gasteiger partial charge in [0.15, 0.2) is 0 Å². The van der Waals surface area contributed by atoms with Gasteiger partial charge in [-0.2, -0.15) is 0 Å². The number of aromatic nitrogens is 3. The van der Waals surface area contributed by atoms with Crippen molar-refractivity contribution in [3.05, 3.63) is 72.8 Å². The molecule has 8 heteroatoms. The number of nitrogens with zero attached hydrogens (tertiary/aromatic N) is 7. The number of hydrogen-bond donors (Lipinski definition) is 1. The zero-order valence-corrected chi connectivity index (χ0v) is 19.1. The van der Waals surface area contributed by atoms with Crippen molar-refractivity contribution in [1.29, 1.82) is 0 Å². The van der Waals surface area contributed by atoms with E-state index >= 15 is 0 Å². The van der Waals surface area contributed by atoms with Gasteiger partial charge in [-0.1, -0.05) is 24.3 Å². The summed E-state index contributed by atoms with van der Waals surface area (Å²) < 4.78 is 0. The third-order valence-electron chi connectivity index (χ3n) is 6.00. The second kappa shape index (κ2) is 7.98. The SMILES string of the molecule is CN1c2cccc(n2)N(C)c2cccc(n2)N(C)c2cccc(c2N)N(C)c2cccc1n2. The summed E-state index contributed by atoms with van der Waals surface area (Å²) >= 11 is 0. The monoisotopic (exact) mass is 438 g/mol. The maximum Gasteiger partial charge on any atom is 0.136 e. The summed E-state index contributed by atoms with van der Waals surface area (Å²) in [6.07, 6.45) is 0. The van der Waals surface area contributed by atoms with Crippen LogP contribution in [0.5, 0.6) is 0 Å². The van der Waals surface area contributed by atoms with Gasteiger partial charge in [-0.15, -0.1) is 0 Å². The molecule has 1 aromatic carbocycles. The minimum Gasteiger partial charge on any atom is -0.395 e. The zero-order chi connectivity index (χ0) is 23.1. The highest BCUT2D eigenvalue weighted by molar-refractivity contribution is 5.86. The molecule has 5 rings (SSSR count). The zero-order valence-electron chi connectivity index (χ0n) is 19.1. The van der Waals surface area contributed by atoms with E-state index in [1.165, 1.54) is 0 Å². The highest BCUT2D eigenvalue weighted by atomic mass is 15.3. The fourth-order valence-electron chi connectivity index (χ4n) is 3.96. The number of para-hydroxylation sites is 1. The predicted octanol–water partition coefficient (Wildman–Crippen LogP) is 4.84. The molecule has 0 saturated carbocycles. The van der Waals surface area contributed by atoms with E-state index in [4.69, 9.17) is 20.7 Å². The van der Waals surface area contributed by atoms with E-state index < -0.39 is 0 Å². The molecule has 4 aromatic rings. The topological polar surface area (TPSA) is 77.7 Å². The number of anilines is 9. The lowest BCUT2D eigenvalue weighted by atomic mass is 10.2. The molecule has 0 aliphatic carbocycles. The average Bonchev–Trinajstić information content (AvgIpc) is 2.87. The van der Waals surface area contributed by atoms with Crippen molar-refractivity contribution in [2.45, 2.75) is 0 Å². The van der Waals surface area contributed by atoms with Crippen molar-refractivity contribution < 1.29 is 0 Å². The molecule has 8 bridgehead atoms. The summed E-state index contributed by atoms with van der Waals surface area (Å²) in [4.78, 5) is 22.6. The van der Waals surface area contributed by atoms with Gasteiger partial charge >= 0.3 is 0 Å². The lowest BCUT2D eigenvalue weighted by molar-refractivity contribution is 1.02. The minimum absolute atomic E-state index is 0.655. The first-order valence-electron chi connectivity index (χ1n) is 10.7. The summed E-state index contributed by atoms with van der Waals surface area (Å²) in [5, 5.41) is 0. The first kappa shape index (κ1) is 20.6. The number of rotatable bonds is 0. The van der Waals surface area contributed by atoms with Crippen molar-refractivity contribution >= 4 is 52.0 Å². The molecule has 4 heterocycles. The predicted molar refractivity (Wildman–Crippen MR) is 136 cm³/mol. The van der Waals surface area contributed by atoms with E-state index in [-0.39, 0.29) is 0 Å². The number of fused-ring (bicyclic) bond motifs is 8. The molecular formula is C25H26N8. The van der Waals surface area contributed by atoms with Gasteiger partial charge in [-0.05, 0) is 48.5 Å².